The molecule has 0 radical (unpaired) electrons. The van der Waals surface area contributed by atoms with Crippen LogP contribution in [0.3, 0.4) is 0 Å². The second kappa shape index (κ2) is 13.5. The highest BCUT2D eigenvalue weighted by atomic mass is 16.7. The van der Waals surface area contributed by atoms with Gasteiger partial charge in [-0.2, -0.15) is 0 Å². The summed E-state index contributed by atoms with van der Waals surface area (Å²) in [6.45, 7) is 9.08. The maximum Gasteiger partial charge on any atom is 0.513 e. The van der Waals surface area contributed by atoms with E-state index < -0.39 is 17.2 Å². The summed E-state index contributed by atoms with van der Waals surface area (Å²) in [5.41, 5.74) is 1.94. The largest absolute Gasteiger partial charge is 0.513 e. The van der Waals surface area contributed by atoms with Gasteiger partial charge in [0.15, 0.2) is 11.5 Å². The van der Waals surface area contributed by atoms with Crippen molar-refractivity contribution in [2.75, 3.05) is 19.7 Å². The average molecular weight is 594 g/mol. The van der Waals surface area contributed by atoms with E-state index in [1.54, 1.807) is 0 Å². The van der Waals surface area contributed by atoms with Crippen LogP contribution in [0.5, 0.6) is 11.5 Å². The number of hydrogen-bond acceptors (Lipinski definition) is 6. The van der Waals surface area contributed by atoms with E-state index in [1.807, 2.05) is 6.07 Å². The normalized spacial score (nSPS) is 28.8. The molecule has 5 aliphatic rings. The number of ether oxygens (including phenoxy) is 3. The van der Waals surface area contributed by atoms with Gasteiger partial charge in [-0.25, -0.2) is 4.79 Å². The molecule has 0 aromatic heterocycles. The Kier molecular flexibility index (Phi) is 9.73. The van der Waals surface area contributed by atoms with Gasteiger partial charge >= 0.3 is 6.16 Å². The van der Waals surface area contributed by atoms with E-state index in [1.165, 1.54) is 89.0 Å². The molecule has 6 nitrogen and oxygen atoms in total. The number of rotatable bonds is 17. The van der Waals surface area contributed by atoms with Crippen molar-refractivity contribution >= 4 is 6.16 Å². The Hall–Kier alpha value is -2.05. The quantitative estimate of drug-likeness (QED) is 0.0846. The fourth-order valence-corrected chi connectivity index (χ4v) is 8.86. The number of carbonyl (C=O) groups excluding carboxylic acids is 1. The van der Waals surface area contributed by atoms with Gasteiger partial charge < -0.3 is 19.3 Å². The van der Waals surface area contributed by atoms with Crippen LogP contribution in [0.4, 0.5) is 4.79 Å². The molecular formula is C37H55NO5. The summed E-state index contributed by atoms with van der Waals surface area (Å²) < 4.78 is 17.9. The second-order valence-corrected chi connectivity index (χ2v) is 14.3. The van der Waals surface area contributed by atoms with Gasteiger partial charge in [-0.15, -0.1) is 0 Å². The van der Waals surface area contributed by atoms with Gasteiger partial charge in [0.05, 0.1) is 17.6 Å². The third-order valence-electron chi connectivity index (χ3n) is 11.4. The van der Waals surface area contributed by atoms with Crippen molar-refractivity contribution in [2.45, 2.75) is 152 Å². The predicted octanol–water partition coefficient (Wildman–Crippen LogP) is 8.41. The van der Waals surface area contributed by atoms with Gasteiger partial charge in [0.1, 0.15) is 6.10 Å². The van der Waals surface area contributed by atoms with Gasteiger partial charge in [0.2, 0.25) is 0 Å². The summed E-state index contributed by atoms with van der Waals surface area (Å²) in [6.07, 6.45) is 21.5. The smallest absolute Gasteiger partial charge is 0.481 e. The average Bonchev–Trinajstić information content (AvgIpc) is 3.74. The standard InChI is InChI=1S/C37H55NO5/c1-3-4-5-6-7-8-9-10-11-12-13-14-15-24-41-35(39)42-30-19-18-29-25-31-37(40)21-20-27(2)34-36(37,32(29)33(30)43-34)22-23-38(31)26-28-16-17-28/h18-19,28,31,34,40H,2-17,20-26H2,1H3/t31?,34-,36-,37+/m0/s1. The molecule has 2 saturated carbocycles. The van der Waals surface area contributed by atoms with E-state index in [0.717, 1.165) is 62.2 Å². The Labute approximate surface area is 259 Å². The van der Waals surface area contributed by atoms with Crippen LogP contribution in [0.2, 0.25) is 0 Å². The molecule has 1 aromatic carbocycles. The molecule has 3 aliphatic carbocycles. The minimum atomic E-state index is -0.863. The number of unbranched alkanes of at least 4 members (excludes halogenated alkanes) is 12. The van der Waals surface area contributed by atoms with Crippen LogP contribution in [0, 0.1) is 5.92 Å². The molecule has 1 spiro atoms. The summed E-state index contributed by atoms with van der Waals surface area (Å²) in [7, 11) is 0. The molecular weight excluding hydrogens is 538 g/mol. The summed E-state index contributed by atoms with van der Waals surface area (Å²) in [6, 6.07) is 4.05. The molecule has 3 fully saturated rings. The van der Waals surface area contributed by atoms with E-state index in [-0.39, 0.29) is 12.1 Å². The Bertz CT molecular complexity index is 1150. The van der Waals surface area contributed by atoms with Crippen molar-refractivity contribution in [3.05, 3.63) is 35.4 Å². The van der Waals surface area contributed by atoms with Gasteiger partial charge in [0.25, 0.3) is 0 Å². The number of hydrogen-bond donors (Lipinski definition) is 1. The summed E-state index contributed by atoms with van der Waals surface area (Å²) in [5.74, 6) is 1.81. The second-order valence-electron chi connectivity index (χ2n) is 14.3. The van der Waals surface area contributed by atoms with Crippen LogP contribution in [0.25, 0.3) is 0 Å². The van der Waals surface area contributed by atoms with Crippen molar-refractivity contribution < 1.29 is 24.1 Å². The summed E-state index contributed by atoms with van der Waals surface area (Å²) in [5, 5.41) is 12.5. The monoisotopic (exact) mass is 593 g/mol. The van der Waals surface area contributed by atoms with Gasteiger partial charge in [-0.1, -0.05) is 96.6 Å². The summed E-state index contributed by atoms with van der Waals surface area (Å²) >= 11 is 0. The minimum absolute atomic E-state index is 0.0940. The highest BCUT2D eigenvalue weighted by molar-refractivity contribution is 5.70. The fourth-order valence-electron chi connectivity index (χ4n) is 8.86. The third-order valence-corrected chi connectivity index (χ3v) is 11.4. The number of aliphatic hydroxyl groups is 1. The van der Waals surface area contributed by atoms with E-state index in [0.29, 0.717) is 24.5 Å². The lowest BCUT2D eigenvalue weighted by molar-refractivity contribution is -0.174. The molecule has 0 amide bonds. The molecule has 2 bridgehead atoms. The van der Waals surface area contributed by atoms with Crippen LogP contribution < -0.4 is 9.47 Å². The first-order valence-corrected chi connectivity index (χ1v) is 17.8. The molecule has 1 N–H and O–H groups in total. The van der Waals surface area contributed by atoms with E-state index >= 15 is 0 Å². The lowest BCUT2D eigenvalue weighted by atomic mass is 9.48. The Morgan fingerprint density at radius 2 is 1.67 bits per heavy atom. The van der Waals surface area contributed by atoms with Crippen LogP contribution in [0.1, 0.15) is 134 Å². The zero-order valence-electron chi connectivity index (χ0n) is 26.7. The van der Waals surface area contributed by atoms with Crippen LogP contribution in [-0.2, 0) is 16.6 Å². The van der Waals surface area contributed by atoms with E-state index in [4.69, 9.17) is 14.2 Å². The lowest BCUT2D eigenvalue weighted by Gasteiger charge is -2.63. The minimum Gasteiger partial charge on any atom is -0.481 e. The third kappa shape index (κ3) is 6.12. The highest BCUT2D eigenvalue weighted by Crippen LogP contribution is 2.66. The topological polar surface area (TPSA) is 68.2 Å². The van der Waals surface area contributed by atoms with Crippen LogP contribution in [-0.4, -0.2) is 53.6 Å². The van der Waals surface area contributed by atoms with Crippen molar-refractivity contribution in [3.8, 4) is 11.5 Å². The zero-order chi connectivity index (χ0) is 29.9. The molecule has 2 aliphatic heterocycles. The molecule has 4 atom stereocenters. The van der Waals surface area contributed by atoms with Gasteiger partial charge in [-0.3, -0.25) is 4.90 Å². The van der Waals surface area contributed by atoms with Crippen molar-refractivity contribution in [1.29, 1.82) is 0 Å². The molecule has 6 rings (SSSR count). The van der Waals surface area contributed by atoms with Crippen molar-refractivity contribution in [2.24, 2.45) is 5.92 Å². The Balaban J connectivity index is 0.985. The van der Waals surface area contributed by atoms with Crippen molar-refractivity contribution in [3.63, 3.8) is 0 Å². The first-order valence-electron chi connectivity index (χ1n) is 17.8. The highest BCUT2D eigenvalue weighted by Gasteiger charge is 2.72. The number of carbonyl (C=O) groups is 1. The first-order chi connectivity index (χ1) is 21.0. The van der Waals surface area contributed by atoms with Gasteiger partial charge in [0, 0.05) is 18.2 Å². The Morgan fingerprint density at radius 1 is 1.00 bits per heavy atom. The zero-order valence-corrected chi connectivity index (χ0v) is 26.7. The number of nitrogens with zero attached hydrogens (tertiary/aromatic N) is 1. The lowest BCUT2D eigenvalue weighted by Crippen LogP contribution is -2.75. The number of benzene rings is 1. The van der Waals surface area contributed by atoms with Crippen LogP contribution in [0.15, 0.2) is 24.3 Å². The first kappa shape index (κ1) is 31.0. The predicted molar refractivity (Wildman–Crippen MR) is 170 cm³/mol. The molecule has 238 valence electrons. The van der Waals surface area contributed by atoms with Crippen LogP contribution >= 0.6 is 0 Å². The maximum atomic E-state index is 12.7. The van der Waals surface area contributed by atoms with Gasteiger partial charge in [-0.05, 0) is 74.6 Å². The molecule has 1 saturated heterocycles. The number of likely N-dealkylation sites (tertiary alicyclic amines) is 1. The molecule has 2 heterocycles. The SMILES string of the molecule is C=C1CC[C@@]2(O)C3Cc4ccc(OC(=O)OCCCCCCCCCCCCCCC)c5c4[C@@]2(CCN3CC2CC2)[C@H]1O5. The molecule has 6 heteroatoms. The summed E-state index contributed by atoms with van der Waals surface area (Å²) in [4.78, 5) is 15.3. The molecule has 43 heavy (non-hydrogen) atoms. The molecule has 1 aromatic rings. The van der Waals surface area contributed by atoms with E-state index in [2.05, 4.69) is 24.5 Å². The van der Waals surface area contributed by atoms with E-state index in [9.17, 15) is 9.90 Å². The Morgan fingerprint density at radius 3 is 2.35 bits per heavy atom. The number of piperidine rings is 1. The maximum absolute atomic E-state index is 12.7. The van der Waals surface area contributed by atoms with Crippen molar-refractivity contribution in [1.82, 2.24) is 4.90 Å². The fraction of sp³-hybridized carbons (Fsp3) is 0.757. The molecule has 1 unspecified atom stereocenters.